The van der Waals surface area contributed by atoms with Crippen LogP contribution in [-0.4, -0.2) is 47.4 Å². The summed E-state index contributed by atoms with van der Waals surface area (Å²) in [6.07, 6.45) is 13.1. The van der Waals surface area contributed by atoms with Crippen LogP contribution in [0, 0.1) is 34.5 Å². The van der Waals surface area contributed by atoms with Gasteiger partial charge in [-0.15, -0.1) is 0 Å². The molecule has 3 saturated carbocycles. The Morgan fingerprint density at radius 2 is 1.82 bits per heavy atom. The van der Waals surface area contributed by atoms with Gasteiger partial charge in [0.05, 0.1) is 17.5 Å². The lowest BCUT2D eigenvalue weighted by Crippen LogP contribution is -2.51. The number of hydrogen-bond acceptors (Lipinski definition) is 5. The Hall–Kier alpha value is -1.77. The summed E-state index contributed by atoms with van der Waals surface area (Å²) in [5.74, 6) is 1.61. The Kier molecular flexibility index (Phi) is 6.55. The summed E-state index contributed by atoms with van der Waals surface area (Å²) in [7, 11) is -3.66. The molecule has 1 saturated heterocycles. The van der Waals surface area contributed by atoms with Gasteiger partial charge in [0.2, 0.25) is 10.0 Å². The zero-order valence-corrected chi connectivity index (χ0v) is 23.6. The largest absolute Gasteiger partial charge is 0.393 e. The topological polar surface area (TPSA) is 96.7 Å². The van der Waals surface area contributed by atoms with Crippen molar-refractivity contribution >= 4 is 15.8 Å². The molecule has 4 aliphatic carbocycles. The first-order chi connectivity index (χ1) is 18.0. The third-order valence-corrected chi connectivity index (χ3v) is 13.3. The lowest BCUT2D eigenvalue weighted by Gasteiger charge is -2.58. The number of Topliss-reactive ketones (excluding diaryl/α,β-unsaturated/α-hetero) is 1. The quantitative estimate of drug-likeness (QED) is 0.564. The van der Waals surface area contributed by atoms with Crippen molar-refractivity contribution in [2.45, 2.75) is 95.6 Å². The molecule has 1 aliphatic heterocycles. The fourth-order valence-corrected chi connectivity index (χ4v) is 10.8. The molecule has 1 N–H and O–H groups in total. The number of rotatable bonds is 5. The molecule has 1 aromatic rings. The van der Waals surface area contributed by atoms with Crippen LogP contribution in [0.25, 0.3) is 0 Å². The number of allylic oxidation sites excluding steroid dienone is 1. The Morgan fingerprint density at radius 3 is 2.58 bits per heavy atom. The van der Waals surface area contributed by atoms with Crippen LogP contribution < -0.4 is 5.56 Å². The van der Waals surface area contributed by atoms with E-state index in [-0.39, 0.29) is 45.6 Å². The van der Waals surface area contributed by atoms with E-state index in [1.165, 1.54) is 32.8 Å². The number of sulfonamides is 1. The SMILES string of the molecule is C[C@]12CC[C@H](O)CC1=CCC1C2CC[C@@]2(C)C1CC[C@@H]2C(=O)Cn1cc(S(=O)(=O)N2CCCC2)ccc1=O. The minimum atomic E-state index is -3.66. The van der Waals surface area contributed by atoms with Gasteiger partial charge >= 0.3 is 0 Å². The first-order valence-corrected chi connectivity index (χ1v) is 16.1. The lowest BCUT2D eigenvalue weighted by molar-refractivity contribution is -0.130. The Balaban J connectivity index is 1.22. The lowest BCUT2D eigenvalue weighted by atomic mass is 9.47. The number of carbonyl (C=O) groups excluding carboxylic acids is 1. The molecule has 0 bridgehead atoms. The third kappa shape index (κ3) is 4.08. The number of aromatic nitrogens is 1. The highest BCUT2D eigenvalue weighted by Crippen LogP contribution is 2.66. The molecule has 7 nitrogen and oxygen atoms in total. The van der Waals surface area contributed by atoms with Crippen LogP contribution in [-0.2, 0) is 21.4 Å². The van der Waals surface area contributed by atoms with Crippen molar-refractivity contribution in [3.63, 3.8) is 0 Å². The zero-order valence-electron chi connectivity index (χ0n) is 22.8. The predicted molar refractivity (Wildman–Crippen MR) is 145 cm³/mol. The first-order valence-electron chi connectivity index (χ1n) is 14.6. The van der Waals surface area contributed by atoms with Crippen molar-refractivity contribution in [2.24, 2.45) is 34.5 Å². The maximum absolute atomic E-state index is 13.8. The number of hydrogen-bond donors (Lipinski definition) is 1. The van der Waals surface area contributed by atoms with Crippen molar-refractivity contribution < 1.29 is 18.3 Å². The summed E-state index contributed by atoms with van der Waals surface area (Å²) in [4.78, 5) is 26.6. The molecule has 4 fully saturated rings. The van der Waals surface area contributed by atoms with E-state index in [9.17, 15) is 23.1 Å². The van der Waals surface area contributed by atoms with Crippen molar-refractivity contribution in [3.8, 4) is 0 Å². The van der Waals surface area contributed by atoms with E-state index in [1.807, 2.05) is 0 Å². The first kappa shape index (κ1) is 26.5. The van der Waals surface area contributed by atoms with E-state index in [2.05, 4.69) is 19.9 Å². The zero-order chi connectivity index (χ0) is 26.9. The number of aliphatic hydroxyl groups excluding tert-OH is 1. The Labute approximate surface area is 226 Å². The van der Waals surface area contributed by atoms with Crippen molar-refractivity contribution in [3.05, 3.63) is 40.3 Å². The second kappa shape index (κ2) is 9.41. The van der Waals surface area contributed by atoms with Gasteiger partial charge in [0, 0.05) is 31.3 Å². The van der Waals surface area contributed by atoms with Crippen molar-refractivity contribution in [1.82, 2.24) is 8.87 Å². The van der Waals surface area contributed by atoms with Crippen molar-refractivity contribution in [2.75, 3.05) is 13.1 Å². The van der Waals surface area contributed by atoms with Gasteiger partial charge in [-0.25, -0.2) is 8.42 Å². The molecule has 2 heterocycles. The van der Waals surface area contributed by atoms with Gasteiger partial charge < -0.3 is 9.67 Å². The van der Waals surface area contributed by atoms with Gasteiger partial charge in [-0.1, -0.05) is 25.5 Å². The van der Waals surface area contributed by atoms with Crippen LogP contribution in [0.4, 0.5) is 0 Å². The summed E-state index contributed by atoms with van der Waals surface area (Å²) in [5, 5.41) is 10.3. The predicted octanol–water partition coefficient (Wildman–Crippen LogP) is 4.14. The average molecular weight is 543 g/mol. The molecule has 8 heteroatoms. The van der Waals surface area contributed by atoms with Crippen LogP contribution in [0.1, 0.15) is 78.1 Å². The van der Waals surface area contributed by atoms with E-state index in [1.54, 1.807) is 0 Å². The van der Waals surface area contributed by atoms with Gasteiger partial charge in [-0.2, -0.15) is 4.31 Å². The molecule has 5 aliphatic rings. The van der Waals surface area contributed by atoms with Crippen LogP contribution in [0.3, 0.4) is 0 Å². The molecule has 7 atom stereocenters. The minimum absolute atomic E-state index is 0.0605. The fourth-order valence-electron chi connectivity index (χ4n) is 9.31. The molecule has 3 unspecified atom stereocenters. The highest BCUT2D eigenvalue weighted by molar-refractivity contribution is 7.89. The molecule has 6 rings (SSSR count). The number of ketones is 1. The molecule has 0 spiro atoms. The summed E-state index contributed by atoms with van der Waals surface area (Å²) >= 11 is 0. The molecular formula is C30H42N2O5S. The van der Waals surface area contributed by atoms with Gasteiger partial charge in [0.15, 0.2) is 5.78 Å². The normalized spacial score (nSPS) is 39.2. The monoisotopic (exact) mass is 542 g/mol. The molecule has 208 valence electrons. The smallest absolute Gasteiger partial charge is 0.250 e. The van der Waals surface area contributed by atoms with E-state index in [4.69, 9.17) is 0 Å². The van der Waals surface area contributed by atoms with E-state index in [0.29, 0.717) is 30.8 Å². The summed E-state index contributed by atoms with van der Waals surface area (Å²) < 4.78 is 28.9. The standard InChI is InChI=1S/C30H42N2O5S/c1-29-13-11-21(33)17-20(29)5-7-23-24-8-9-26(30(24,2)14-12-25(23)29)27(34)19-31-18-22(6-10-28(31)35)38(36,37)32-15-3-4-16-32/h5-6,10,18,21,23-26,33H,3-4,7-9,11-17,19H2,1-2H3/t21-,23?,24?,25?,26+,29-,30-/m0/s1. The van der Waals surface area contributed by atoms with Gasteiger partial charge in [0.1, 0.15) is 0 Å². The molecule has 0 aromatic carbocycles. The van der Waals surface area contributed by atoms with E-state index in [0.717, 1.165) is 64.2 Å². The number of aliphatic hydroxyl groups is 1. The molecule has 1 aromatic heterocycles. The number of carbonyl (C=O) groups is 1. The van der Waals surface area contributed by atoms with Crippen LogP contribution in [0.5, 0.6) is 0 Å². The van der Waals surface area contributed by atoms with Crippen LogP contribution in [0.2, 0.25) is 0 Å². The van der Waals surface area contributed by atoms with Crippen LogP contribution in [0.15, 0.2) is 39.7 Å². The second-order valence-corrected chi connectivity index (χ2v) is 15.2. The average Bonchev–Trinajstić information content (AvgIpc) is 3.54. The highest BCUT2D eigenvalue weighted by atomic mass is 32.2. The number of nitrogens with zero attached hydrogens (tertiary/aromatic N) is 2. The van der Waals surface area contributed by atoms with Crippen molar-refractivity contribution in [1.29, 1.82) is 0 Å². The van der Waals surface area contributed by atoms with Gasteiger partial charge in [-0.05, 0) is 98.9 Å². The second-order valence-electron chi connectivity index (χ2n) is 13.2. The Bertz CT molecular complexity index is 1310. The summed E-state index contributed by atoms with van der Waals surface area (Å²) in [6.45, 7) is 5.65. The van der Waals surface area contributed by atoms with E-state index < -0.39 is 10.0 Å². The number of pyridine rings is 1. The van der Waals surface area contributed by atoms with E-state index >= 15 is 0 Å². The maximum atomic E-state index is 13.8. The number of fused-ring (bicyclic) bond motifs is 5. The van der Waals surface area contributed by atoms with Gasteiger partial charge in [-0.3, -0.25) is 9.59 Å². The molecular weight excluding hydrogens is 500 g/mol. The third-order valence-electron chi connectivity index (χ3n) is 11.5. The summed E-state index contributed by atoms with van der Waals surface area (Å²) in [5.41, 5.74) is 1.20. The minimum Gasteiger partial charge on any atom is -0.393 e. The Morgan fingerprint density at radius 1 is 1.05 bits per heavy atom. The molecule has 38 heavy (non-hydrogen) atoms. The van der Waals surface area contributed by atoms with Gasteiger partial charge in [0.25, 0.3) is 5.56 Å². The maximum Gasteiger partial charge on any atom is 0.250 e. The summed E-state index contributed by atoms with van der Waals surface area (Å²) in [6, 6.07) is 2.66. The fraction of sp³-hybridized carbons (Fsp3) is 0.733. The molecule has 0 radical (unpaired) electrons. The highest BCUT2D eigenvalue weighted by Gasteiger charge is 2.59. The molecule has 0 amide bonds. The van der Waals surface area contributed by atoms with Crippen LogP contribution >= 0.6 is 0 Å².